The second-order valence-corrected chi connectivity index (χ2v) is 7.44. The van der Waals surface area contributed by atoms with Crippen LogP contribution in [0.2, 0.25) is 0 Å². The number of anilines is 2. The number of rotatable bonds is 8. The molecule has 172 valence electrons. The van der Waals surface area contributed by atoms with E-state index in [2.05, 4.69) is 20.6 Å². The molecule has 0 spiro atoms. The van der Waals surface area contributed by atoms with Crippen LogP contribution < -0.4 is 10.6 Å². The Balaban J connectivity index is 1.50. The Labute approximate surface area is 197 Å². The van der Waals surface area contributed by atoms with Crippen LogP contribution in [0, 0.1) is 6.92 Å². The molecule has 4 aromatic rings. The Morgan fingerprint density at radius 2 is 1.82 bits per heavy atom. The van der Waals surface area contributed by atoms with Crippen molar-refractivity contribution in [2.75, 3.05) is 17.2 Å². The number of nitrogens with one attached hydrogen (secondary N) is 2. The zero-order chi connectivity index (χ0) is 23.9. The third-order valence-electron chi connectivity index (χ3n) is 5.08. The van der Waals surface area contributed by atoms with E-state index >= 15 is 0 Å². The van der Waals surface area contributed by atoms with Crippen LogP contribution in [0.5, 0.6) is 0 Å². The quantitative estimate of drug-likeness (QED) is 0.356. The number of aryl methyl sites for hydroxylation is 1. The van der Waals surface area contributed by atoms with E-state index in [0.717, 1.165) is 11.1 Å². The van der Waals surface area contributed by atoms with E-state index in [1.165, 1.54) is 0 Å². The average Bonchev–Trinajstić information content (AvgIpc) is 3.25. The van der Waals surface area contributed by atoms with Crippen molar-refractivity contribution >= 4 is 23.4 Å². The Hall–Kier alpha value is -4.46. The van der Waals surface area contributed by atoms with Gasteiger partial charge in [0.1, 0.15) is 22.9 Å². The van der Waals surface area contributed by atoms with Gasteiger partial charge < -0.3 is 19.8 Å². The van der Waals surface area contributed by atoms with Crippen LogP contribution >= 0.6 is 0 Å². The topological polar surface area (TPSA) is 106 Å². The maximum atomic E-state index is 13.0. The fourth-order valence-electron chi connectivity index (χ4n) is 3.40. The maximum absolute atomic E-state index is 13.0. The maximum Gasteiger partial charge on any atom is 0.341 e. The molecule has 0 saturated carbocycles. The Morgan fingerprint density at radius 3 is 2.62 bits per heavy atom. The number of pyridine rings is 2. The van der Waals surface area contributed by atoms with Crippen molar-refractivity contribution in [1.82, 2.24) is 9.97 Å². The molecular formula is C26H24N4O4. The smallest absolute Gasteiger partial charge is 0.341 e. The molecule has 0 fully saturated rings. The van der Waals surface area contributed by atoms with Crippen molar-refractivity contribution in [3.63, 3.8) is 0 Å². The number of hydrogen-bond acceptors (Lipinski definition) is 7. The fraction of sp³-hybridized carbons (Fsp3) is 0.154. The molecule has 8 nitrogen and oxygen atoms in total. The minimum absolute atomic E-state index is 0.286. The average molecular weight is 457 g/mol. The van der Waals surface area contributed by atoms with Gasteiger partial charge in [0.25, 0.3) is 5.91 Å². The summed E-state index contributed by atoms with van der Waals surface area (Å²) < 4.78 is 10.8. The van der Waals surface area contributed by atoms with Gasteiger partial charge in [-0.2, -0.15) is 0 Å². The number of hydrogen-bond donors (Lipinski definition) is 2. The molecule has 0 aliphatic carbocycles. The van der Waals surface area contributed by atoms with Crippen LogP contribution in [0.25, 0.3) is 11.3 Å². The van der Waals surface area contributed by atoms with Crippen LogP contribution in [0.15, 0.2) is 77.6 Å². The van der Waals surface area contributed by atoms with Gasteiger partial charge in [0.2, 0.25) is 0 Å². The van der Waals surface area contributed by atoms with E-state index in [-0.39, 0.29) is 12.5 Å². The SMILES string of the molecule is CCOC(=O)c1cc(-c2cccc(NC(=O)c3cccnc3NCc3ccncc3)c2)oc1C. The summed E-state index contributed by atoms with van der Waals surface area (Å²) in [5.41, 5.74) is 3.12. The summed E-state index contributed by atoms with van der Waals surface area (Å²) in [6.45, 7) is 4.26. The van der Waals surface area contributed by atoms with E-state index < -0.39 is 5.97 Å². The molecule has 0 radical (unpaired) electrons. The van der Waals surface area contributed by atoms with Crippen LogP contribution in [-0.4, -0.2) is 28.5 Å². The molecule has 34 heavy (non-hydrogen) atoms. The van der Waals surface area contributed by atoms with E-state index in [0.29, 0.717) is 40.7 Å². The van der Waals surface area contributed by atoms with Gasteiger partial charge in [0.15, 0.2) is 0 Å². The molecule has 1 aromatic carbocycles. The second kappa shape index (κ2) is 10.4. The third kappa shape index (κ3) is 5.29. The van der Waals surface area contributed by atoms with Crippen molar-refractivity contribution in [3.8, 4) is 11.3 Å². The first-order valence-corrected chi connectivity index (χ1v) is 10.8. The molecule has 0 saturated heterocycles. The number of nitrogens with zero attached hydrogens (tertiary/aromatic N) is 2. The third-order valence-corrected chi connectivity index (χ3v) is 5.08. The lowest BCUT2D eigenvalue weighted by Gasteiger charge is -2.12. The summed E-state index contributed by atoms with van der Waals surface area (Å²) >= 11 is 0. The summed E-state index contributed by atoms with van der Waals surface area (Å²) in [7, 11) is 0. The predicted molar refractivity (Wildman–Crippen MR) is 129 cm³/mol. The first-order chi connectivity index (χ1) is 16.5. The lowest BCUT2D eigenvalue weighted by Crippen LogP contribution is -2.15. The predicted octanol–water partition coefficient (Wildman–Crippen LogP) is 5.09. The molecule has 0 aliphatic rings. The first-order valence-electron chi connectivity index (χ1n) is 10.8. The number of furan rings is 1. The van der Waals surface area contributed by atoms with Gasteiger partial charge >= 0.3 is 5.97 Å². The van der Waals surface area contributed by atoms with Gasteiger partial charge in [-0.15, -0.1) is 0 Å². The fourth-order valence-corrected chi connectivity index (χ4v) is 3.40. The summed E-state index contributed by atoms with van der Waals surface area (Å²) in [6.07, 6.45) is 5.06. The number of carbonyl (C=O) groups excluding carboxylic acids is 2. The van der Waals surface area contributed by atoms with Crippen molar-refractivity contribution in [1.29, 1.82) is 0 Å². The van der Waals surface area contributed by atoms with Gasteiger partial charge in [-0.1, -0.05) is 12.1 Å². The molecule has 2 N–H and O–H groups in total. The molecule has 3 aromatic heterocycles. The van der Waals surface area contributed by atoms with Crippen molar-refractivity contribution in [2.45, 2.75) is 20.4 Å². The molecule has 0 bridgehead atoms. The molecule has 4 rings (SSSR count). The monoisotopic (exact) mass is 456 g/mol. The molecule has 0 atom stereocenters. The van der Waals surface area contributed by atoms with Crippen LogP contribution in [0.1, 0.15) is 39.0 Å². The molecule has 0 aliphatic heterocycles. The van der Waals surface area contributed by atoms with E-state index in [1.54, 1.807) is 68.8 Å². The normalized spacial score (nSPS) is 10.5. The highest BCUT2D eigenvalue weighted by molar-refractivity contribution is 6.07. The molecule has 1 amide bonds. The standard InChI is InChI=1S/C26H24N4O4/c1-3-33-26(32)22-15-23(34-17(22)2)19-6-4-7-20(14-19)30-25(31)21-8-5-11-28-24(21)29-16-18-9-12-27-13-10-18/h4-15H,3,16H2,1-2H3,(H,28,29)(H,30,31). The van der Waals surface area contributed by atoms with Gasteiger partial charge in [-0.05, 0) is 61.9 Å². The molecule has 0 unspecified atom stereocenters. The number of amides is 1. The first kappa shape index (κ1) is 22.7. The Bertz CT molecular complexity index is 1300. The summed E-state index contributed by atoms with van der Waals surface area (Å²) in [4.78, 5) is 33.5. The van der Waals surface area contributed by atoms with E-state index in [9.17, 15) is 9.59 Å². The lowest BCUT2D eigenvalue weighted by atomic mass is 10.1. The zero-order valence-corrected chi connectivity index (χ0v) is 18.9. The van der Waals surface area contributed by atoms with Gasteiger partial charge in [0, 0.05) is 36.4 Å². The number of ether oxygens (including phenoxy) is 1. The lowest BCUT2D eigenvalue weighted by molar-refractivity contribution is 0.0524. The minimum atomic E-state index is -0.428. The molecular weight excluding hydrogens is 432 g/mol. The van der Waals surface area contributed by atoms with Gasteiger partial charge in [-0.25, -0.2) is 9.78 Å². The van der Waals surface area contributed by atoms with Gasteiger partial charge in [0.05, 0.1) is 12.2 Å². The van der Waals surface area contributed by atoms with Crippen LogP contribution in [0.3, 0.4) is 0 Å². The minimum Gasteiger partial charge on any atom is -0.462 e. The number of esters is 1. The Morgan fingerprint density at radius 1 is 1.00 bits per heavy atom. The number of carbonyl (C=O) groups is 2. The number of benzene rings is 1. The zero-order valence-electron chi connectivity index (χ0n) is 18.9. The van der Waals surface area contributed by atoms with Crippen molar-refractivity contribution in [3.05, 3.63) is 95.6 Å². The van der Waals surface area contributed by atoms with Crippen LogP contribution in [-0.2, 0) is 11.3 Å². The highest BCUT2D eigenvalue weighted by atomic mass is 16.5. The summed E-state index contributed by atoms with van der Waals surface area (Å²) in [5, 5.41) is 6.11. The summed E-state index contributed by atoms with van der Waals surface area (Å²) in [5.74, 6) is 0.739. The van der Waals surface area contributed by atoms with E-state index in [4.69, 9.17) is 9.15 Å². The van der Waals surface area contributed by atoms with Crippen molar-refractivity contribution < 1.29 is 18.7 Å². The van der Waals surface area contributed by atoms with Crippen LogP contribution in [0.4, 0.5) is 11.5 Å². The largest absolute Gasteiger partial charge is 0.462 e. The molecule has 8 heteroatoms. The van der Waals surface area contributed by atoms with E-state index in [1.807, 2.05) is 18.2 Å². The number of aromatic nitrogens is 2. The highest BCUT2D eigenvalue weighted by Crippen LogP contribution is 2.28. The molecule has 3 heterocycles. The summed E-state index contributed by atoms with van der Waals surface area (Å²) in [6, 6.07) is 16.1. The van der Waals surface area contributed by atoms with Crippen molar-refractivity contribution in [2.24, 2.45) is 0 Å². The Kier molecular flexibility index (Phi) is 6.98. The second-order valence-electron chi connectivity index (χ2n) is 7.44. The highest BCUT2D eigenvalue weighted by Gasteiger charge is 2.18. The van der Waals surface area contributed by atoms with Gasteiger partial charge in [-0.3, -0.25) is 9.78 Å².